The van der Waals surface area contributed by atoms with Gasteiger partial charge in [0.25, 0.3) is 0 Å². The first-order valence-electron chi connectivity index (χ1n) is 6.38. The lowest BCUT2D eigenvalue weighted by Gasteiger charge is -2.33. The van der Waals surface area contributed by atoms with E-state index in [9.17, 15) is 5.11 Å². The van der Waals surface area contributed by atoms with Crippen LogP contribution in [-0.2, 0) is 0 Å². The van der Waals surface area contributed by atoms with Crippen LogP contribution < -0.4 is 9.47 Å². The fraction of sp³-hybridized carbons (Fsp3) is 0.571. The molecule has 0 amide bonds. The van der Waals surface area contributed by atoms with E-state index in [0.29, 0.717) is 12.3 Å². The average molecular weight is 266 g/mol. The van der Waals surface area contributed by atoms with Crippen molar-refractivity contribution in [1.29, 1.82) is 0 Å². The molecular formula is C14H18O3S. The van der Waals surface area contributed by atoms with Crippen molar-refractivity contribution in [3.05, 3.63) is 23.8 Å². The molecule has 2 aliphatic rings. The quantitative estimate of drug-likeness (QED) is 0.893. The van der Waals surface area contributed by atoms with Crippen LogP contribution in [0.5, 0.6) is 11.5 Å². The number of rotatable bonds is 2. The fourth-order valence-corrected chi connectivity index (χ4v) is 4.03. The van der Waals surface area contributed by atoms with E-state index in [-0.39, 0.29) is 6.10 Å². The van der Waals surface area contributed by atoms with E-state index in [1.807, 2.05) is 30.0 Å². The van der Waals surface area contributed by atoms with Gasteiger partial charge >= 0.3 is 0 Å². The Morgan fingerprint density at radius 2 is 2.33 bits per heavy atom. The van der Waals surface area contributed by atoms with Crippen molar-refractivity contribution in [3.63, 3.8) is 0 Å². The first-order valence-corrected chi connectivity index (χ1v) is 7.54. The Morgan fingerprint density at radius 3 is 3.06 bits per heavy atom. The lowest BCUT2D eigenvalue weighted by atomic mass is 9.91. The normalized spacial score (nSPS) is 30.7. The predicted octanol–water partition coefficient (Wildman–Crippen LogP) is 2.63. The van der Waals surface area contributed by atoms with Crippen molar-refractivity contribution in [3.8, 4) is 11.5 Å². The van der Waals surface area contributed by atoms with E-state index in [1.54, 1.807) is 7.11 Å². The van der Waals surface area contributed by atoms with Crippen molar-refractivity contribution < 1.29 is 14.6 Å². The highest BCUT2D eigenvalue weighted by Gasteiger charge is 2.34. The average Bonchev–Trinajstić information content (AvgIpc) is 2.92. The van der Waals surface area contributed by atoms with Crippen LogP contribution in [0.1, 0.15) is 24.5 Å². The maximum atomic E-state index is 10.3. The number of benzene rings is 1. The molecule has 2 unspecified atom stereocenters. The van der Waals surface area contributed by atoms with Crippen LogP contribution in [0, 0.1) is 5.92 Å². The molecule has 4 heteroatoms. The maximum Gasteiger partial charge on any atom is 0.125 e. The molecule has 3 atom stereocenters. The summed E-state index contributed by atoms with van der Waals surface area (Å²) < 4.78 is 11.2. The number of aliphatic hydroxyl groups is 1. The van der Waals surface area contributed by atoms with E-state index in [2.05, 4.69) is 0 Å². The minimum Gasteiger partial charge on any atom is -0.497 e. The van der Waals surface area contributed by atoms with E-state index in [1.165, 1.54) is 12.2 Å². The summed E-state index contributed by atoms with van der Waals surface area (Å²) in [5.41, 5.74) is 0.858. The Kier molecular flexibility index (Phi) is 3.39. The van der Waals surface area contributed by atoms with Gasteiger partial charge in [-0.15, -0.1) is 0 Å². The summed E-state index contributed by atoms with van der Waals surface area (Å²) >= 11 is 1.98. The first kappa shape index (κ1) is 12.2. The number of thioether (sulfide) groups is 1. The summed E-state index contributed by atoms with van der Waals surface area (Å²) in [6.45, 7) is 0. The SMILES string of the molecule is COc1ccc2c(c1)[C@H](O)CC(C1CCSC1)O2. The van der Waals surface area contributed by atoms with Gasteiger partial charge in [0.15, 0.2) is 0 Å². The molecule has 98 valence electrons. The van der Waals surface area contributed by atoms with Crippen LogP contribution in [0.4, 0.5) is 0 Å². The summed E-state index contributed by atoms with van der Waals surface area (Å²) in [5, 5.41) is 10.3. The van der Waals surface area contributed by atoms with Gasteiger partial charge in [-0.3, -0.25) is 0 Å². The lowest BCUT2D eigenvalue weighted by molar-refractivity contribution is 0.0400. The van der Waals surface area contributed by atoms with Crippen LogP contribution in [0.2, 0.25) is 0 Å². The molecule has 0 aromatic heterocycles. The highest BCUT2D eigenvalue weighted by molar-refractivity contribution is 7.99. The molecule has 1 aromatic rings. The molecule has 2 heterocycles. The van der Waals surface area contributed by atoms with Crippen LogP contribution in [-0.4, -0.2) is 29.8 Å². The summed E-state index contributed by atoms with van der Waals surface area (Å²) in [7, 11) is 1.64. The van der Waals surface area contributed by atoms with Crippen LogP contribution in [0.25, 0.3) is 0 Å². The second-order valence-electron chi connectivity index (χ2n) is 4.94. The molecule has 0 bridgehead atoms. The molecule has 0 spiro atoms. The van der Waals surface area contributed by atoms with Crippen LogP contribution >= 0.6 is 11.8 Å². The molecule has 0 aliphatic carbocycles. The summed E-state index contributed by atoms with van der Waals surface area (Å²) in [6.07, 6.45) is 1.63. The van der Waals surface area contributed by atoms with Crippen molar-refractivity contribution in [2.45, 2.75) is 25.0 Å². The second kappa shape index (κ2) is 5.02. The van der Waals surface area contributed by atoms with Gasteiger partial charge in [-0.05, 0) is 36.1 Å². The number of aliphatic hydroxyl groups excluding tert-OH is 1. The topological polar surface area (TPSA) is 38.7 Å². The molecule has 3 rings (SSSR count). The standard InChI is InChI=1S/C14H18O3S/c1-16-10-2-3-13-11(6-10)12(15)7-14(17-13)9-4-5-18-8-9/h2-3,6,9,12,14-15H,4-5,7-8H2,1H3/t9?,12-,14?/m1/s1. The smallest absolute Gasteiger partial charge is 0.125 e. The zero-order valence-corrected chi connectivity index (χ0v) is 11.3. The van der Waals surface area contributed by atoms with Gasteiger partial charge in [-0.2, -0.15) is 11.8 Å². The Morgan fingerprint density at radius 1 is 1.44 bits per heavy atom. The van der Waals surface area contributed by atoms with E-state index >= 15 is 0 Å². The maximum absolute atomic E-state index is 10.3. The molecule has 18 heavy (non-hydrogen) atoms. The highest BCUT2D eigenvalue weighted by Crippen LogP contribution is 2.41. The van der Waals surface area contributed by atoms with Crippen LogP contribution in [0.3, 0.4) is 0 Å². The fourth-order valence-electron chi connectivity index (χ4n) is 2.71. The third kappa shape index (κ3) is 2.19. The zero-order chi connectivity index (χ0) is 12.5. The lowest BCUT2D eigenvalue weighted by Crippen LogP contribution is -2.32. The van der Waals surface area contributed by atoms with Crippen molar-refractivity contribution in [2.24, 2.45) is 5.92 Å². The summed E-state index contributed by atoms with van der Waals surface area (Å²) in [4.78, 5) is 0. The van der Waals surface area contributed by atoms with E-state index in [4.69, 9.17) is 9.47 Å². The molecule has 1 saturated heterocycles. The third-order valence-electron chi connectivity index (χ3n) is 3.80. The van der Waals surface area contributed by atoms with Gasteiger partial charge in [-0.1, -0.05) is 0 Å². The summed E-state index contributed by atoms with van der Waals surface area (Å²) in [6, 6.07) is 5.67. The monoisotopic (exact) mass is 266 g/mol. The third-order valence-corrected chi connectivity index (χ3v) is 4.99. The Hall–Kier alpha value is -0.870. The molecule has 1 aromatic carbocycles. The summed E-state index contributed by atoms with van der Waals surface area (Å²) in [5.74, 6) is 4.54. The Bertz CT molecular complexity index is 429. The van der Waals surface area contributed by atoms with Gasteiger partial charge in [-0.25, -0.2) is 0 Å². The Labute approximate surface area is 111 Å². The van der Waals surface area contributed by atoms with Gasteiger partial charge in [0, 0.05) is 17.9 Å². The zero-order valence-electron chi connectivity index (χ0n) is 10.5. The largest absolute Gasteiger partial charge is 0.497 e. The van der Waals surface area contributed by atoms with Gasteiger partial charge in [0.05, 0.1) is 13.2 Å². The molecule has 0 radical (unpaired) electrons. The predicted molar refractivity (Wildman–Crippen MR) is 72.4 cm³/mol. The number of hydrogen-bond donors (Lipinski definition) is 1. The molecule has 3 nitrogen and oxygen atoms in total. The Balaban J connectivity index is 1.83. The number of hydrogen-bond acceptors (Lipinski definition) is 4. The molecule has 1 fully saturated rings. The van der Waals surface area contributed by atoms with E-state index < -0.39 is 6.10 Å². The van der Waals surface area contributed by atoms with E-state index in [0.717, 1.165) is 22.8 Å². The van der Waals surface area contributed by atoms with Crippen molar-refractivity contribution in [2.75, 3.05) is 18.6 Å². The van der Waals surface area contributed by atoms with Gasteiger partial charge in [0.2, 0.25) is 0 Å². The van der Waals surface area contributed by atoms with Gasteiger partial charge < -0.3 is 14.6 Å². The minimum absolute atomic E-state index is 0.163. The number of ether oxygens (including phenoxy) is 2. The highest BCUT2D eigenvalue weighted by atomic mass is 32.2. The molecule has 2 aliphatic heterocycles. The van der Waals surface area contributed by atoms with Crippen molar-refractivity contribution in [1.82, 2.24) is 0 Å². The molecule has 1 N–H and O–H groups in total. The second-order valence-corrected chi connectivity index (χ2v) is 6.09. The van der Waals surface area contributed by atoms with Gasteiger partial charge in [0.1, 0.15) is 17.6 Å². The number of methoxy groups -OCH3 is 1. The van der Waals surface area contributed by atoms with Crippen LogP contribution in [0.15, 0.2) is 18.2 Å². The molecular weight excluding hydrogens is 248 g/mol. The minimum atomic E-state index is -0.431. The molecule has 0 saturated carbocycles. The van der Waals surface area contributed by atoms with Crippen molar-refractivity contribution >= 4 is 11.8 Å². The first-order chi connectivity index (χ1) is 8.78. The number of fused-ring (bicyclic) bond motifs is 1.